The lowest BCUT2D eigenvalue weighted by Crippen LogP contribution is -2.28. The predicted octanol–water partition coefficient (Wildman–Crippen LogP) is 3.60. The fraction of sp³-hybridized carbons (Fsp3) is 0.368. The number of thiophene rings is 1. The third-order valence-corrected chi connectivity index (χ3v) is 5.58. The molecule has 3 rings (SSSR count). The molecular weight excluding hydrogens is 338 g/mol. The van der Waals surface area contributed by atoms with E-state index >= 15 is 0 Å². The molecular formula is C19H21NO4S. The van der Waals surface area contributed by atoms with E-state index in [0.717, 1.165) is 23.5 Å². The topological polar surface area (TPSA) is 55.8 Å². The van der Waals surface area contributed by atoms with Gasteiger partial charge in [-0.15, -0.1) is 11.3 Å². The Morgan fingerprint density at radius 1 is 1.20 bits per heavy atom. The Kier molecular flexibility index (Phi) is 5.08. The number of rotatable bonds is 5. The molecule has 5 nitrogen and oxygen atoms in total. The second kappa shape index (κ2) is 7.27. The van der Waals surface area contributed by atoms with Crippen LogP contribution in [0.3, 0.4) is 0 Å². The Balaban J connectivity index is 1.77. The van der Waals surface area contributed by atoms with Crippen molar-refractivity contribution in [1.82, 2.24) is 4.90 Å². The zero-order chi connectivity index (χ0) is 18.0. The van der Waals surface area contributed by atoms with Crippen LogP contribution in [0.25, 0.3) is 0 Å². The predicted molar refractivity (Wildman–Crippen MR) is 97.1 cm³/mol. The Morgan fingerprint density at radius 2 is 2.00 bits per heavy atom. The lowest BCUT2D eigenvalue weighted by Gasteiger charge is -2.18. The van der Waals surface area contributed by atoms with Gasteiger partial charge >= 0.3 is 0 Å². The maximum Gasteiger partial charge on any atom is 0.254 e. The smallest absolute Gasteiger partial charge is 0.254 e. The first-order valence-electron chi connectivity index (χ1n) is 8.14. The third-order valence-electron chi connectivity index (χ3n) is 4.55. The fourth-order valence-electron chi connectivity index (χ4n) is 3.17. The van der Waals surface area contributed by atoms with Crippen LogP contribution in [0.5, 0.6) is 11.5 Å². The molecule has 25 heavy (non-hydrogen) atoms. The quantitative estimate of drug-likeness (QED) is 0.766. The van der Waals surface area contributed by atoms with Crippen molar-refractivity contribution in [3.8, 4) is 11.5 Å². The van der Waals surface area contributed by atoms with Crippen LogP contribution < -0.4 is 9.47 Å². The molecule has 0 spiro atoms. The minimum absolute atomic E-state index is 0.00975. The van der Waals surface area contributed by atoms with Crippen LogP contribution in [0.4, 0.5) is 0 Å². The van der Waals surface area contributed by atoms with Crippen molar-refractivity contribution >= 4 is 23.0 Å². The molecule has 2 heterocycles. The van der Waals surface area contributed by atoms with Crippen molar-refractivity contribution in [3.63, 3.8) is 0 Å². The summed E-state index contributed by atoms with van der Waals surface area (Å²) >= 11 is 1.32. The molecule has 0 bridgehead atoms. The number of ketones is 1. The summed E-state index contributed by atoms with van der Waals surface area (Å²) in [5, 5.41) is 1.76. The average Bonchev–Trinajstić information content (AvgIpc) is 3.30. The molecule has 1 aromatic heterocycles. The van der Waals surface area contributed by atoms with Gasteiger partial charge in [0.1, 0.15) is 11.5 Å². The first kappa shape index (κ1) is 17.5. The van der Waals surface area contributed by atoms with E-state index in [4.69, 9.17) is 9.47 Å². The van der Waals surface area contributed by atoms with Crippen molar-refractivity contribution in [2.45, 2.75) is 19.3 Å². The molecule has 0 radical (unpaired) electrons. The van der Waals surface area contributed by atoms with Gasteiger partial charge in [0.15, 0.2) is 5.78 Å². The van der Waals surface area contributed by atoms with E-state index in [1.54, 1.807) is 25.7 Å². The standard InChI is InChI=1S/C19H21NO4S/c1-12(21)18-8-14(11-25-18)19(22)20-7-6-13(10-20)16-9-15(23-2)4-5-17(16)24-3/h4-5,8-9,11,13H,6-7,10H2,1-3H3. The van der Waals surface area contributed by atoms with Crippen LogP contribution in [0.15, 0.2) is 29.6 Å². The van der Waals surface area contributed by atoms with Gasteiger partial charge in [0.2, 0.25) is 0 Å². The second-order valence-corrected chi connectivity index (χ2v) is 7.01. The zero-order valence-corrected chi connectivity index (χ0v) is 15.4. The van der Waals surface area contributed by atoms with Gasteiger partial charge in [-0.05, 0) is 37.6 Å². The van der Waals surface area contributed by atoms with E-state index in [1.807, 2.05) is 23.1 Å². The largest absolute Gasteiger partial charge is 0.497 e. The summed E-state index contributed by atoms with van der Waals surface area (Å²) in [5.41, 5.74) is 1.65. The number of Topliss-reactive ketones (excluding diaryl/α,β-unsaturated/α-hetero) is 1. The Labute approximate surface area is 151 Å². The summed E-state index contributed by atoms with van der Waals surface area (Å²) in [5.74, 6) is 1.77. The molecule has 1 fully saturated rings. The highest BCUT2D eigenvalue weighted by Crippen LogP contribution is 2.36. The van der Waals surface area contributed by atoms with E-state index in [0.29, 0.717) is 23.5 Å². The number of carbonyl (C=O) groups is 2. The van der Waals surface area contributed by atoms with Crippen molar-refractivity contribution in [2.24, 2.45) is 0 Å². The number of benzene rings is 1. The normalized spacial score (nSPS) is 16.8. The van der Waals surface area contributed by atoms with Crippen LogP contribution in [-0.2, 0) is 0 Å². The van der Waals surface area contributed by atoms with Crippen LogP contribution in [0.1, 0.15) is 44.9 Å². The van der Waals surface area contributed by atoms with E-state index in [1.165, 1.54) is 18.3 Å². The lowest BCUT2D eigenvalue weighted by molar-refractivity contribution is 0.0791. The van der Waals surface area contributed by atoms with Gasteiger partial charge in [-0.1, -0.05) is 0 Å². The lowest BCUT2D eigenvalue weighted by atomic mass is 9.97. The van der Waals surface area contributed by atoms with E-state index in [-0.39, 0.29) is 17.6 Å². The van der Waals surface area contributed by atoms with Crippen LogP contribution in [0, 0.1) is 0 Å². The molecule has 1 atom stereocenters. The Bertz CT molecular complexity index is 798. The summed E-state index contributed by atoms with van der Waals surface area (Å²) in [6.07, 6.45) is 0.874. The fourth-order valence-corrected chi connectivity index (χ4v) is 3.96. The van der Waals surface area contributed by atoms with Crippen molar-refractivity contribution in [3.05, 3.63) is 45.6 Å². The Morgan fingerprint density at radius 3 is 2.64 bits per heavy atom. The summed E-state index contributed by atoms with van der Waals surface area (Å²) in [6.45, 7) is 2.84. The van der Waals surface area contributed by atoms with Gasteiger partial charge in [-0.2, -0.15) is 0 Å². The maximum absolute atomic E-state index is 12.7. The molecule has 1 aliphatic heterocycles. The van der Waals surface area contributed by atoms with Crippen LogP contribution in [0.2, 0.25) is 0 Å². The van der Waals surface area contributed by atoms with Gasteiger partial charge in [0, 0.05) is 30.0 Å². The number of likely N-dealkylation sites (tertiary alicyclic amines) is 1. The maximum atomic E-state index is 12.7. The average molecular weight is 359 g/mol. The first-order valence-corrected chi connectivity index (χ1v) is 9.02. The molecule has 2 aromatic rings. The summed E-state index contributed by atoms with van der Waals surface area (Å²) in [4.78, 5) is 26.6. The van der Waals surface area contributed by atoms with Crippen molar-refractivity contribution in [1.29, 1.82) is 0 Å². The number of nitrogens with zero attached hydrogens (tertiary/aromatic N) is 1. The number of ether oxygens (including phenoxy) is 2. The molecule has 1 unspecified atom stereocenters. The first-order chi connectivity index (χ1) is 12.0. The molecule has 6 heteroatoms. The SMILES string of the molecule is COc1ccc(OC)c(C2CCN(C(=O)c3csc(C(C)=O)c3)C2)c1. The molecule has 0 N–H and O–H groups in total. The highest BCUT2D eigenvalue weighted by molar-refractivity contribution is 7.12. The minimum atomic E-state index is -0.0203. The van der Waals surface area contributed by atoms with E-state index in [9.17, 15) is 9.59 Å². The van der Waals surface area contributed by atoms with E-state index < -0.39 is 0 Å². The zero-order valence-electron chi connectivity index (χ0n) is 14.6. The molecule has 1 aromatic carbocycles. The van der Waals surface area contributed by atoms with Crippen LogP contribution in [-0.4, -0.2) is 43.9 Å². The van der Waals surface area contributed by atoms with Crippen molar-refractivity contribution < 1.29 is 19.1 Å². The van der Waals surface area contributed by atoms with E-state index in [2.05, 4.69) is 0 Å². The number of amides is 1. The van der Waals surface area contributed by atoms with Crippen LogP contribution >= 0.6 is 11.3 Å². The van der Waals surface area contributed by atoms with Gasteiger partial charge in [0.25, 0.3) is 5.91 Å². The third kappa shape index (κ3) is 3.54. The molecule has 1 saturated heterocycles. The number of carbonyl (C=O) groups excluding carboxylic acids is 2. The monoisotopic (exact) mass is 359 g/mol. The molecule has 0 aliphatic carbocycles. The summed E-state index contributed by atoms with van der Waals surface area (Å²) in [7, 11) is 3.29. The van der Waals surface area contributed by atoms with Gasteiger partial charge in [-0.3, -0.25) is 9.59 Å². The number of methoxy groups -OCH3 is 2. The number of hydrogen-bond acceptors (Lipinski definition) is 5. The number of hydrogen-bond donors (Lipinski definition) is 0. The van der Waals surface area contributed by atoms with Gasteiger partial charge < -0.3 is 14.4 Å². The second-order valence-electron chi connectivity index (χ2n) is 6.10. The Hall–Kier alpha value is -2.34. The summed E-state index contributed by atoms with van der Waals surface area (Å²) < 4.78 is 10.8. The van der Waals surface area contributed by atoms with Gasteiger partial charge in [-0.25, -0.2) is 0 Å². The summed E-state index contributed by atoms with van der Waals surface area (Å²) in [6, 6.07) is 7.44. The van der Waals surface area contributed by atoms with Crippen molar-refractivity contribution in [2.75, 3.05) is 27.3 Å². The molecule has 1 aliphatic rings. The van der Waals surface area contributed by atoms with Gasteiger partial charge in [0.05, 0.1) is 24.7 Å². The molecule has 132 valence electrons. The molecule has 1 amide bonds. The highest BCUT2D eigenvalue weighted by atomic mass is 32.1. The highest BCUT2D eigenvalue weighted by Gasteiger charge is 2.30. The molecule has 0 saturated carbocycles. The minimum Gasteiger partial charge on any atom is -0.497 e.